The fourth-order valence-corrected chi connectivity index (χ4v) is 5.23. The average molecular weight is 525 g/mol. The predicted molar refractivity (Wildman–Crippen MR) is 144 cm³/mol. The largest absolute Gasteiger partial charge is 0.495 e. The Bertz CT molecular complexity index is 1250. The normalized spacial score (nSPS) is 17.7. The number of carbonyl (C=O) groups is 1. The summed E-state index contributed by atoms with van der Waals surface area (Å²) in [6.07, 6.45) is 7.12. The van der Waals surface area contributed by atoms with Gasteiger partial charge in [0.25, 0.3) is 5.91 Å². The van der Waals surface area contributed by atoms with Crippen LogP contribution in [0.4, 0.5) is 11.6 Å². The number of carbonyl (C=O) groups excluding carboxylic acids is 1. The van der Waals surface area contributed by atoms with Gasteiger partial charge in [0.05, 0.1) is 35.9 Å². The van der Waals surface area contributed by atoms with Crippen LogP contribution >= 0.6 is 11.6 Å². The molecule has 0 atom stereocenters. The predicted octanol–water partition coefficient (Wildman–Crippen LogP) is 3.13. The summed E-state index contributed by atoms with van der Waals surface area (Å²) in [5, 5.41) is 7.81. The number of halogens is 1. The molecule has 3 aromatic rings. The molecular weight excluding hydrogens is 492 g/mol. The van der Waals surface area contributed by atoms with Crippen LogP contribution in [0.15, 0.2) is 36.8 Å². The fraction of sp³-hybridized carbons (Fsp3) is 0.462. The maximum Gasteiger partial charge on any atom is 0.253 e. The number of hydrogen-bond acceptors (Lipinski definition) is 8. The molecular formula is C26H33ClN8O2. The minimum atomic E-state index is 0.0308. The summed E-state index contributed by atoms with van der Waals surface area (Å²) in [6, 6.07) is 5.98. The number of anilines is 2. The second-order valence-corrected chi connectivity index (χ2v) is 10.1. The van der Waals surface area contributed by atoms with Gasteiger partial charge in [0, 0.05) is 69.7 Å². The van der Waals surface area contributed by atoms with E-state index in [0.717, 1.165) is 57.7 Å². The highest BCUT2D eigenvalue weighted by atomic mass is 35.5. The van der Waals surface area contributed by atoms with E-state index in [4.69, 9.17) is 16.3 Å². The van der Waals surface area contributed by atoms with E-state index in [9.17, 15) is 4.79 Å². The first-order valence-electron chi connectivity index (χ1n) is 12.6. The van der Waals surface area contributed by atoms with Crippen LogP contribution in [0.1, 0.15) is 23.2 Å². The number of likely N-dealkylation sites (tertiary alicyclic amines) is 1. The number of rotatable bonds is 6. The summed E-state index contributed by atoms with van der Waals surface area (Å²) in [6.45, 7) is 6.00. The Balaban J connectivity index is 1.25. The maximum absolute atomic E-state index is 13.3. The summed E-state index contributed by atoms with van der Waals surface area (Å²) in [4.78, 5) is 29.1. The molecule has 196 valence electrons. The highest BCUT2D eigenvalue weighted by Gasteiger charge is 2.29. The standard InChI is InChI=1S/C26H33ClN8O2/c1-32-10-12-34(13-11-32)20-6-8-35(9-7-20)25(36)18-4-5-22(23(14-18)37-3)30-26-28-16-21(27)24(31-26)19-15-29-33(2)17-19/h4-5,14-17,20H,6-13H2,1-3H3,(H,28,30,31). The van der Waals surface area contributed by atoms with Gasteiger partial charge < -0.3 is 19.9 Å². The number of aromatic nitrogens is 4. The van der Waals surface area contributed by atoms with E-state index in [1.54, 1.807) is 30.3 Å². The van der Waals surface area contributed by atoms with E-state index >= 15 is 0 Å². The van der Waals surface area contributed by atoms with E-state index in [-0.39, 0.29) is 5.91 Å². The lowest BCUT2D eigenvalue weighted by Crippen LogP contribution is -2.52. The van der Waals surface area contributed by atoms with Gasteiger partial charge in [0.1, 0.15) is 5.75 Å². The van der Waals surface area contributed by atoms with Gasteiger partial charge in [-0.3, -0.25) is 14.4 Å². The number of piperazine rings is 1. The number of nitrogens with zero attached hydrogens (tertiary/aromatic N) is 7. The molecule has 1 N–H and O–H groups in total. The molecule has 11 heteroatoms. The van der Waals surface area contributed by atoms with Gasteiger partial charge in [0.15, 0.2) is 0 Å². The van der Waals surface area contributed by atoms with Crippen molar-refractivity contribution in [2.24, 2.45) is 7.05 Å². The van der Waals surface area contributed by atoms with Crippen molar-refractivity contribution in [2.75, 3.05) is 58.7 Å². The van der Waals surface area contributed by atoms with Gasteiger partial charge in [-0.1, -0.05) is 11.6 Å². The van der Waals surface area contributed by atoms with E-state index in [1.165, 1.54) is 0 Å². The van der Waals surface area contributed by atoms with Crippen LogP contribution in [-0.4, -0.2) is 99.8 Å². The topological polar surface area (TPSA) is 91.7 Å². The van der Waals surface area contributed by atoms with Crippen LogP contribution in [0.25, 0.3) is 11.3 Å². The lowest BCUT2D eigenvalue weighted by atomic mass is 10.0. The molecule has 0 saturated carbocycles. The van der Waals surface area contributed by atoms with Crippen molar-refractivity contribution in [3.05, 3.63) is 47.4 Å². The fourth-order valence-electron chi connectivity index (χ4n) is 5.03. The number of hydrogen-bond donors (Lipinski definition) is 1. The highest BCUT2D eigenvalue weighted by Crippen LogP contribution is 2.31. The van der Waals surface area contributed by atoms with Crippen LogP contribution in [0, 0.1) is 0 Å². The first-order chi connectivity index (χ1) is 17.9. The number of nitrogens with one attached hydrogen (secondary N) is 1. The molecule has 5 rings (SSSR count). The molecule has 0 radical (unpaired) electrons. The van der Waals surface area contributed by atoms with E-state index in [2.05, 4.69) is 37.2 Å². The molecule has 0 spiro atoms. The Morgan fingerprint density at radius 2 is 1.84 bits per heavy atom. The summed E-state index contributed by atoms with van der Waals surface area (Å²) in [7, 11) is 5.59. The van der Waals surface area contributed by atoms with E-state index in [0.29, 0.717) is 39.7 Å². The molecule has 4 heterocycles. The number of methoxy groups -OCH3 is 1. The van der Waals surface area contributed by atoms with Crippen molar-refractivity contribution in [2.45, 2.75) is 18.9 Å². The molecule has 2 fully saturated rings. The van der Waals surface area contributed by atoms with Crippen molar-refractivity contribution in [1.82, 2.24) is 34.4 Å². The smallest absolute Gasteiger partial charge is 0.253 e. The van der Waals surface area contributed by atoms with Gasteiger partial charge in [-0.25, -0.2) is 9.97 Å². The quantitative estimate of drug-likeness (QED) is 0.526. The molecule has 1 amide bonds. The molecule has 0 unspecified atom stereocenters. The first-order valence-corrected chi connectivity index (χ1v) is 13.0. The Morgan fingerprint density at radius 1 is 1.08 bits per heavy atom. The van der Waals surface area contributed by atoms with Gasteiger partial charge in [0.2, 0.25) is 5.95 Å². The Hall–Kier alpha value is -3.21. The number of aryl methyl sites for hydroxylation is 1. The van der Waals surface area contributed by atoms with E-state index in [1.807, 2.05) is 30.3 Å². The van der Waals surface area contributed by atoms with Crippen LogP contribution < -0.4 is 10.1 Å². The number of piperidine rings is 1. The minimum Gasteiger partial charge on any atom is -0.495 e. The SMILES string of the molecule is COc1cc(C(=O)N2CCC(N3CCN(C)CC3)CC2)ccc1Nc1ncc(Cl)c(-c2cnn(C)c2)n1. The number of benzene rings is 1. The van der Waals surface area contributed by atoms with Gasteiger partial charge in [-0.05, 0) is 38.1 Å². The zero-order valence-electron chi connectivity index (χ0n) is 21.5. The number of amides is 1. The molecule has 10 nitrogen and oxygen atoms in total. The van der Waals surface area contributed by atoms with Crippen molar-refractivity contribution in [1.29, 1.82) is 0 Å². The zero-order valence-corrected chi connectivity index (χ0v) is 22.3. The second kappa shape index (κ2) is 11.0. The third-order valence-electron chi connectivity index (χ3n) is 7.22. The zero-order chi connectivity index (χ0) is 25.9. The average Bonchev–Trinajstić information content (AvgIpc) is 3.36. The summed E-state index contributed by atoms with van der Waals surface area (Å²) < 4.78 is 7.29. The van der Waals surface area contributed by atoms with Crippen LogP contribution in [-0.2, 0) is 7.05 Å². The third kappa shape index (κ3) is 5.71. The molecule has 2 aliphatic rings. The summed E-state index contributed by atoms with van der Waals surface area (Å²) >= 11 is 6.33. The van der Waals surface area contributed by atoms with Crippen LogP contribution in [0.3, 0.4) is 0 Å². The Labute approximate surface area is 222 Å². The van der Waals surface area contributed by atoms with Crippen molar-refractivity contribution in [3.63, 3.8) is 0 Å². The van der Waals surface area contributed by atoms with E-state index < -0.39 is 0 Å². The summed E-state index contributed by atoms with van der Waals surface area (Å²) in [5.74, 6) is 0.939. The maximum atomic E-state index is 13.3. The van der Waals surface area contributed by atoms with Crippen molar-refractivity contribution >= 4 is 29.1 Å². The van der Waals surface area contributed by atoms with Gasteiger partial charge in [-0.15, -0.1) is 0 Å². The lowest BCUT2D eigenvalue weighted by Gasteiger charge is -2.42. The van der Waals surface area contributed by atoms with Crippen molar-refractivity contribution < 1.29 is 9.53 Å². The minimum absolute atomic E-state index is 0.0308. The van der Waals surface area contributed by atoms with Gasteiger partial charge >= 0.3 is 0 Å². The molecule has 37 heavy (non-hydrogen) atoms. The molecule has 2 saturated heterocycles. The molecule has 0 bridgehead atoms. The molecule has 0 aliphatic carbocycles. The monoisotopic (exact) mass is 524 g/mol. The van der Waals surface area contributed by atoms with Crippen LogP contribution in [0.2, 0.25) is 5.02 Å². The van der Waals surface area contributed by atoms with Crippen molar-refractivity contribution in [3.8, 4) is 17.0 Å². The Morgan fingerprint density at radius 3 is 2.51 bits per heavy atom. The molecule has 1 aromatic carbocycles. The Kier molecular flexibility index (Phi) is 7.59. The van der Waals surface area contributed by atoms with Crippen LogP contribution in [0.5, 0.6) is 5.75 Å². The highest BCUT2D eigenvalue weighted by molar-refractivity contribution is 6.32. The summed E-state index contributed by atoms with van der Waals surface area (Å²) in [5.41, 5.74) is 2.64. The number of likely N-dealkylation sites (N-methyl/N-ethyl adjacent to an activating group) is 1. The first kappa shape index (κ1) is 25.4. The molecule has 2 aliphatic heterocycles. The second-order valence-electron chi connectivity index (χ2n) is 9.70. The third-order valence-corrected chi connectivity index (χ3v) is 7.50. The molecule has 2 aromatic heterocycles. The van der Waals surface area contributed by atoms with Gasteiger partial charge in [-0.2, -0.15) is 5.10 Å². The number of ether oxygens (including phenoxy) is 1. The lowest BCUT2D eigenvalue weighted by molar-refractivity contribution is 0.0518.